The van der Waals surface area contributed by atoms with E-state index in [4.69, 9.17) is 14.4 Å². The Morgan fingerprint density at radius 1 is 1.29 bits per heavy atom. The largest absolute Gasteiger partial charge is 0.470 e. The molecule has 1 aliphatic rings. The second-order valence-corrected chi connectivity index (χ2v) is 6.44. The number of nitrogens with zero attached hydrogens (tertiary/aromatic N) is 4. The van der Waals surface area contributed by atoms with Crippen LogP contribution in [-0.2, 0) is 0 Å². The summed E-state index contributed by atoms with van der Waals surface area (Å²) in [6.07, 6.45) is 3.94. The van der Waals surface area contributed by atoms with Gasteiger partial charge in [-0.15, -0.1) is 0 Å². The Balaban J connectivity index is 1.55. The van der Waals surface area contributed by atoms with E-state index in [0.29, 0.717) is 30.4 Å². The average Bonchev–Trinajstić information content (AvgIpc) is 2.73. The summed E-state index contributed by atoms with van der Waals surface area (Å²) in [7, 11) is 0. The summed E-state index contributed by atoms with van der Waals surface area (Å²) in [6.45, 7) is 0.795. The Kier molecular flexibility index (Phi) is 4.72. The van der Waals surface area contributed by atoms with Crippen LogP contribution in [0.1, 0.15) is 28.9 Å². The highest BCUT2D eigenvalue weighted by atomic mass is 16.5. The zero-order valence-electron chi connectivity index (χ0n) is 14.9. The number of fused-ring (bicyclic) bond motifs is 1. The zero-order chi connectivity index (χ0) is 19.5. The van der Waals surface area contributed by atoms with E-state index in [2.05, 4.69) is 9.97 Å². The number of rotatable bonds is 3. The molecule has 1 unspecified atom stereocenters. The SMILES string of the molecule is N#Cc1nccnc1OC1CCCN(C(=O)c2cc3ccccc3oc2=O)C1. The molecular weight excluding hydrogens is 360 g/mol. The normalized spacial score (nSPS) is 16.5. The lowest BCUT2D eigenvalue weighted by molar-refractivity contribution is 0.0522. The van der Waals surface area contributed by atoms with Crippen LogP contribution < -0.4 is 10.4 Å². The standard InChI is InChI=1S/C20H16N4O4/c21-11-16-18(23-8-7-22-16)27-14-5-3-9-24(12-14)19(25)15-10-13-4-1-2-6-17(13)28-20(15)26/h1-2,4,6-8,10,14H,3,5,9,12H2. The molecule has 8 nitrogen and oxygen atoms in total. The van der Waals surface area contributed by atoms with Crippen LogP contribution in [0.15, 0.2) is 51.9 Å². The Morgan fingerprint density at radius 2 is 2.11 bits per heavy atom. The van der Waals surface area contributed by atoms with Crippen molar-refractivity contribution < 1.29 is 13.9 Å². The first-order valence-electron chi connectivity index (χ1n) is 8.85. The number of ether oxygens (including phenoxy) is 1. The molecule has 1 amide bonds. The van der Waals surface area contributed by atoms with E-state index in [1.165, 1.54) is 12.4 Å². The number of likely N-dealkylation sites (tertiary alicyclic amines) is 1. The van der Waals surface area contributed by atoms with Crippen molar-refractivity contribution in [3.63, 3.8) is 0 Å². The first-order valence-corrected chi connectivity index (χ1v) is 8.85. The minimum atomic E-state index is -0.660. The number of benzene rings is 1. The molecule has 8 heteroatoms. The van der Waals surface area contributed by atoms with Crippen LogP contribution in [0.3, 0.4) is 0 Å². The van der Waals surface area contributed by atoms with Gasteiger partial charge in [0.25, 0.3) is 11.8 Å². The molecular formula is C20H16N4O4. The third kappa shape index (κ3) is 3.42. The summed E-state index contributed by atoms with van der Waals surface area (Å²) in [5, 5.41) is 9.80. The third-order valence-electron chi connectivity index (χ3n) is 4.59. The lowest BCUT2D eigenvalue weighted by Crippen LogP contribution is -2.45. The molecule has 0 aliphatic carbocycles. The van der Waals surface area contributed by atoms with Gasteiger partial charge in [0.2, 0.25) is 5.69 Å². The second-order valence-electron chi connectivity index (χ2n) is 6.44. The van der Waals surface area contributed by atoms with Crippen molar-refractivity contribution in [1.29, 1.82) is 5.26 Å². The fourth-order valence-electron chi connectivity index (χ4n) is 3.25. The van der Waals surface area contributed by atoms with E-state index in [1.54, 1.807) is 29.2 Å². The van der Waals surface area contributed by atoms with Crippen LogP contribution in [0, 0.1) is 11.3 Å². The molecule has 0 bridgehead atoms. The molecule has 1 saturated heterocycles. The van der Waals surface area contributed by atoms with Gasteiger partial charge >= 0.3 is 5.63 Å². The third-order valence-corrected chi connectivity index (χ3v) is 4.59. The maximum absolute atomic E-state index is 12.9. The van der Waals surface area contributed by atoms with E-state index in [-0.39, 0.29) is 29.8 Å². The fraction of sp³-hybridized carbons (Fsp3) is 0.250. The van der Waals surface area contributed by atoms with Crippen molar-refractivity contribution in [3.8, 4) is 11.9 Å². The van der Waals surface area contributed by atoms with Gasteiger partial charge in [-0.2, -0.15) is 5.26 Å². The predicted octanol–water partition coefficient (Wildman–Crippen LogP) is 2.14. The Hall–Kier alpha value is -3.73. The summed E-state index contributed by atoms with van der Waals surface area (Å²) in [6, 6.07) is 10.5. The van der Waals surface area contributed by atoms with E-state index in [0.717, 1.165) is 0 Å². The molecule has 2 aromatic heterocycles. The molecule has 4 rings (SSSR count). The molecule has 0 saturated carbocycles. The van der Waals surface area contributed by atoms with Gasteiger partial charge in [-0.05, 0) is 25.0 Å². The molecule has 1 fully saturated rings. The summed E-state index contributed by atoms with van der Waals surface area (Å²) >= 11 is 0. The summed E-state index contributed by atoms with van der Waals surface area (Å²) in [4.78, 5) is 34.7. The minimum absolute atomic E-state index is 0.00318. The van der Waals surface area contributed by atoms with Crippen molar-refractivity contribution in [2.24, 2.45) is 0 Å². The lowest BCUT2D eigenvalue weighted by Gasteiger charge is -2.32. The highest BCUT2D eigenvalue weighted by Gasteiger charge is 2.28. The van der Waals surface area contributed by atoms with Crippen molar-refractivity contribution in [2.75, 3.05) is 13.1 Å². The van der Waals surface area contributed by atoms with E-state index < -0.39 is 11.5 Å². The lowest BCUT2D eigenvalue weighted by atomic mass is 10.1. The minimum Gasteiger partial charge on any atom is -0.470 e. The highest BCUT2D eigenvalue weighted by Crippen LogP contribution is 2.20. The van der Waals surface area contributed by atoms with Crippen LogP contribution >= 0.6 is 0 Å². The Bertz CT molecular complexity index is 1130. The second kappa shape index (κ2) is 7.48. The maximum Gasteiger partial charge on any atom is 0.349 e. The van der Waals surface area contributed by atoms with E-state index >= 15 is 0 Å². The number of piperidine rings is 1. The van der Waals surface area contributed by atoms with Gasteiger partial charge in [-0.25, -0.2) is 14.8 Å². The summed E-state index contributed by atoms with van der Waals surface area (Å²) < 4.78 is 11.1. The summed E-state index contributed by atoms with van der Waals surface area (Å²) in [5.41, 5.74) is -0.124. The molecule has 1 atom stereocenters. The van der Waals surface area contributed by atoms with E-state index in [9.17, 15) is 9.59 Å². The smallest absolute Gasteiger partial charge is 0.349 e. The quantitative estimate of drug-likeness (QED) is 0.644. The first-order chi connectivity index (χ1) is 13.7. The zero-order valence-corrected chi connectivity index (χ0v) is 14.9. The topological polar surface area (TPSA) is 109 Å². The molecule has 0 radical (unpaired) electrons. The van der Waals surface area contributed by atoms with Gasteiger partial charge in [0, 0.05) is 24.3 Å². The average molecular weight is 376 g/mol. The number of carbonyl (C=O) groups is 1. The van der Waals surface area contributed by atoms with Crippen LogP contribution in [0.4, 0.5) is 0 Å². The van der Waals surface area contributed by atoms with Gasteiger partial charge in [-0.3, -0.25) is 4.79 Å². The number of para-hydroxylation sites is 1. The van der Waals surface area contributed by atoms with E-state index in [1.807, 2.05) is 12.1 Å². The van der Waals surface area contributed by atoms with Crippen molar-refractivity contribution in [3.05, 3.63) is 64.4 Å². The molecule has 3 heterocycles. The molecule has 1 aliphatic heterocycles. The number of hydrogen-bond acceptors (Lipinski definition) is 7. The van der Waals surface area contributed by atoms with Crippen molar-refractivity contribution >= 4 is 16.9 Å². The monoisotopic (exact) mass is 376 g/mol. The molecule has 28 heavy (non-hydrogen) atoms. The molecule has 0 spiro atoms. The number of carbonyl (C=O) groups excluding carboxylic acids is 1. The number of hydrogen-bond donors (Lipinski definition) is 0. The van der Waals surface area contributed by atoms with Crippen LogP contribution in [0.2, 0.25) is 0 Å². The van der Waals surface area contributed by atoms with Crippen molar-refractivity contribution in [2.45, 2.75) is 18.9 Å². The molecule has 1 aromatic carbocycles. The number of amides is 1. The Morgan fingerprint density at radius 3 is 2.96 bits per heavy atom. The predicted molar refractivity (Wildman–Crippen MR) is 98.8 cm³/mol. The van der Waals surface area contributed by atoms with Gasteiger partial charge in [0.15, 0.2) is 0 Å². The fourth-order valence-corrected chi connectivity index (χ4v) is 3.25. The van der Waals surface area contributed by atoms with Crippen LogP contribution in [0.5, 0.6) is 5.88 Å². The molecule has 3 aromatic rings. The molecule has 140 valence electrons. The van der Waals surface area contributed by atoms with Crippen LogP contribution in [-0.4, -0.2) is 40.0 Å². The summed E-state index contributed by atoms with van der Waals surface area (Å²) in [5.74, 6) is -0.248. The number of aromatic nitrogens is 2. The van der Waals surface area contributed by atoms with Gasteiger partial charge in [0.1, 0.15) is 23.3 Å². The van der Waals surface area contributed by atoms with Gasteiger partial charge < -0.3 is 14.1 Å². The van der Waals surface area contributed by atoms with Gasteiger partial charge in [-0.1, -0.05) is 18.2 Å². The first kappa shape index (κ1) is 17.7. The maximum atomic E-state index is 12.9. The highest BCUT2D eigenvalue weighted by molar-refractivity contribution is 5.96. The number of nitriles is 1. The molecule has 0 N–H and O–H groups in total. The van der Waals surface area contributed by atoms with Crippen molar-refractivity contribution in [1.82, 2.24) is 14.9 Å². The Labute approximate surface area is 160 Å². The van der Waals surface area contributed by atoms with Gasteiger partial charge in [0.05, 0.1) is 6.54 Å². The van der Waals surface area contributed by atoms with Crippen LogP contribution in [0.25, 0.3) is 11.0 Å².